The molecular formula is C17H15N3. The van der Waals surface area contributed by atoms with Crippen molar-refractivity contribution >= 4 is 11.5 Å². The van der Waals surface area contributed by atoms with Crippen molar-refractivity contribution in [3.63, 3.8) is 0 Å². The third-order valence-electron chi connectivity index (χ3n) is 3.75. The standard InChI is InChI=1S/C17H15N3/c1-13-16(14-8-4-2-5-9-14)20(17(13)19-12-18)15-10-6-3-7-11-15/h2-11,13,16H,1H3/t13-,16+/m1/s1. The summed E-state index contributed by atoms with van der Waals surface area (Å²) in [5, 5.41) is 8.88. The quantitative estimate of drug-likeness (QED) is 0.772. The highest BCUT2D eigenvalue weighted by atomic mass is 15.3. The number of anilines is 1. The zero-order chi connectivity index (χ0) is 13.9. The summed E-state index contributed by atoms with van der Waals surface area (Å²) in [6.07, 6.45) is 1.92. The molecule has 3 heteroatoms. The van der Waals surface area contributed by atoms with Crippen LogP contribution in [0, 0.1) is 17.4 Å². The molecule has 0 bridgehead atoms. The first-order chi connectivity index (χ1) is 9.83. The number of nitriles is 1. The number of hydrogen-bond acceptors (Lipinski definition) is 2. The zero-order valence-electron chi connectivity index (χ0n) is 11.3. The lowest BCUT2D eigenvalue weighted by Gasteiger charge is -2.48. The Bertz CT molecular complexity index is 656. The molecule has 0 amide bonds. The molecule has 1 saturated heterocycles. The number of nitrogens with zero attached hydrogens (tertiary/aromatic N) is 3. The van der Waals surface area contributed by atoms with Crippen LogP contribution in [0.3, 0.4) is 0 Å². The van der Waals surface area contributed by atoms with E-state index in [0.29, 0.717) is 0 Å². The first kappa shape index (κ1) is 12.4. The van der Waals surface area contributed by atoms with Crippen LogP contribution in [-0.4, -0.2) is 5.84 Å². The lowest BCUT2D eigenvalue weighted by atomic mass is 9.82. The van der Waals surface area contributed by atoms with E-state index in [1.54, 1.807) is 0 Å². The summed E-state index contributed by atoms with van der Waals surface area (Å²) >= 11 is 0. The molecule has 0 radical (unpaired) electrons. The molecule has 98 valence electrons. The molecule has 20 heavy (non-hydrogen) atoms. The highest BCUT2D eigenvalue weighted by Gasteiger charge is 2.43. The molecule has 0 N–H and O–H groups in total. The Morgan fingerprint density at radius 2 is 1.60 bits per heavy atom. The summed E-state index contributed by atoms with van der Waals surface area (Å²) in [7, 11) is 0. The average molecular weight is 261 g/mol. The van der Waals surface area contributed by atoms with Crippen molar-refractivity contribution in [3.05, 3.63) is 66.2 Å². The molecule has 1 aliphatic heterocycles. The molecule has 0 unspecified atom stereocenters. The topological polar surface area (TPSA) is 39.4 Å². The predicted molar refractivity (Wildman–Crippen MR) is 80.3 cm³/mol. The first-order valence-corrected chi connectivity index (χ1v) is 6.69. The van der Waals surface area contributed by atoms with E-state index in [9.17, 15) is 0 Å². The van der Waals surface area contributed by atoms with Crippen molar-refractivity contribution in [2.45, 2.75) is 13.0 Å². The monoisotopic (exact) mass is 261 g/mol. The second-order valence-corrected chi connectivity index (χ2v) is 4.92. The van der Waals surface area contributed by atoms with E-state index in [1.807, 2.05) is 42.6 Å². The number of amidine groups is 1. The second-order valence-electron chi connectivity index (χ2n) is 4.92. The van der Waals surface area contributed by atoms with Gasteiger partial charge in [0.1, 0.15) is 5.84 Å². The summed E-state index contributed by atoms with van der Waals surface area (Å²) in [5.41, 5.74) is 2.33. The van der Waals surface area contributed by atoms with Gasteiger partial charge in [-0.2, -0.15) is 10.3 Å². The van der Waals surface area contributed by atoms with Crippen LogP contribution >= 0.6 is 0 Å². The van der Waals surface area contributed by atoms with Crippen LogP contribution in [0.25, 0.3) is 0 Å². The Hall–Kier alpha value is -2.60. The van der Waals surface area contributed by atoms with Crippen LogP contribution in [0.15, 0.2) is 65.7 Å². The molecule has 0 aliphatic carbocycles. The van der Waals surface area contributed by atoms with Gasteiger partial charge >= 0.3 is 0 Å². The number of rotatable bonds is 2. The van der Waals surface area contributed by atoms with Gasteiger partial charge in [0.2, 0.25) is 6.19 Å². The van der Waals surface area contributed by atoms with Gasteiger partial charge in [-0.05, 0) is 17.7 Å². The Morgan fingerprint density at radius 3 is 2.20 bits per heavy atom. The molecule has 3 nitrogen and oxygen atoms in total. The lowest BCUT2D eigenvalue weighted by molar-refractivity contribution is 0.501. The summed E-state index contributed by atoms with van der Waals surface area (Å²) in [5.74, 6) is 1.09. The van der Waals surface area contributed by atoms with Crippen molar-refractivity contribution in [2.75, 3.05) is 4.90 Å². The maximum atomic E-state index is 8.88. The van der Waals surface area contributed by atoms with Gasteiger partial charge in [0.15, 0.2) is 0 Å². The third-order valence-corrected chi connectivity index (χ3v) is 3.75. The average Bonchev–Trinajstić information content (AvgIpc) is 2.51. The maximum Gasteiger partial charge on any atom is 0.207 e. The van der Waals surface area contributed by atoms with Crippen molar-refractivity contribution in [3.8, 4) is 6.19 Å². The summed E-state index contributed by atoms with van der Waals surface area (Å²) in [6, 6.07) is 20.7. The smallest absolute Gasteiger partial charge is 0.207 e. The van der Waals surface area contributed by atoms with Crippen molar-refractivity contribution in [1.82, 2.24) is 0 Å². The molecule has 0 spiro atoms. The molecule has 1 fully saturated rings. The van der Waals surface area contributed by atoms with Gasteiger partial charge in [0, 0.05) is 11.6 Å². The van der Waals surface area contributed by atoms with Gasteiger partial charge in [-0.15, -0.1) is 0 Å². The van der Waals surface area contributed by atoms with E-state index in [0.717, 1.165) is 11.5 Å². The van der Waals surface area contributed by atoms with Crippen LogP contribution in [-0.2, 0) is 0 Å². The van der Waals surface area contributed by atoms with Crippen molar-refractivity contribution in [1.29, 1.82) is 5.26 Å². The van der Waals surface area contributed by atoms with Gasteiger partial charge in [0.25, 0.3) is 0 Å². The Labute approximate surface area is 118 Å². The first-order valence-electron chi connectivity index (χ1n) is 6.69. The minimum absolute atomic E-state index is 0.241. The molecule has 2 atom stereocenters. The highest BCUT2D eigenvalue weighted by Crippen LogP contribution is 2.43. The van der Waals surface area contributed by atoms with Gasteiger partial charge < -0.3 is 4.90 Å². The predicted octanol–water partition coefficient (Wildman–Crippen LogP) is 3.76. The Balaban J connectivity index is 2.02. The van der Waals surface area contributed by atoms with Gasteiger partial charge in [0.05, 0.1) is 6.04 Å². The van der Waals surface area contributed by atoms with Crippen molar-refractivity contribution < 1.29 is 0 Å². The normalized spacial score (nSPS) is 23.2. The fourth-order valence-corrected chi connectivity index (χ4v) is 2.82. The lowest BCUT2D eigenvalue weighted by Crippen LogP contribution is -2.54. The maximum absolute atomic E-state index is 8.88. The minimum Gasteiger partial charge on any atom is -0.321 e. The van der Waals surface area contributed by atoms with Crippen LogP contribution in [0.4, 0.5) is 5.69 Å². The fraction of sp³-hybridized carbons (Fsp3) is 0.176. The highest BCUT2D eigenvalue weighted by molar-refractivity contribution is 6.07. The molecule has 1 heterocycles. The van der Waals surface area contributed by atoms with Crippen LogP contribution in [0.5, 0.6) is 0 Å². The van der Waals surface area contributed by atoms with Gasteiger partial charge in [-0.3, -0.25) is 0 Å². The molecule has 2 aromatic rings. The van der Waals surface area contributed by atoms with E-state index in [1.165, 1.54) is 5.56 Å². The third kappa shape index (κ3) is 1.96. The number of para-hydroxylation sites is 1. The summed E-state index contributed by atoms with van der Waals surface area (Å²) in [4.78, 5) is 6.13. The molecule has 0 aromatic heterocycles. The van der Waals surface area contributed by atoms with E-state index >= 15 is 0 Å². The molecule has 2 aromatic carbocycles. The molecular weight excluding hydrogens is 246 g/mol. The molecule has 1 aliphatic rings. The SMILES string of the molecule is C[C@H]1C(=NC#N)N(c2ccccc2)[C@@H]1c1ccccc1. The van der Waals surface area contributed by atoms with E-state index < -0.39 is 0 Å². The van der Waals surface area contributed by atoms with E-state index in [2.05, 4.69) is 41.1 Å². The van der Waals surface area contributed by atoms with Gasteiger partial charge in [-0.25, -0.2) is 0 Å². The zero-order valence-corrected chi connectivity index (χ0v) is 11.3. The van der Waals surface area contributed by atoms with Crippen LogP contribution < -0.4 is 4.90 Å². The Kier molecular flexibility index (Phi) is 3.22. The van der Waals surface area contributed by atoms with Crippen molar-refractivity contribution in [2.24, 2.45) is 10.9 Å². The fourth-order valence-electron chi connectivity index (χ4n) is 2.82. The number of aliphatic imine (C=N–C) groups is 1. The number of hydrogen-bond donors (Lipinski definition) is 0. The molecule has 3 rings (SSSR count). The van der Waals surface area contributed by atoms with E-state index in [-0.39, 0.29) is 12.0 Å². The largest absolute Gasteiger partial charge is 0.321 e. The Morgan fingerprint density at radius 1 is 1.00 bits per heavy atom. The van der Waals surface area contributed by atoms with Crippen LogP contribution in [0.1, 0.15) is 18.5 Å². The number of benzene rings is 2. The second kappa shape index (κ2) is 5.18. The van der Waals surface area contributed by atoms with Crippen LogP contribution in [0.2, 0.25) is 0 Å². The molecule has 0 saturated carbocycles. The van der Waals surface area contributed by atoms with E-state index in [4.69, 9.17) is 5.26 Å². The van der Waals surface area contributed by atoms with Gasteiger partial charge in [-0.1, -0.05) is 55.5 Å². The minimum atomic E-state index is 0.241. The summed E-state index contributed by atoms with van der Waals surface area (Å²) < 4.78 is 0. The summed E-state index contributed by atoms with van der Waals surface area (Å²) in [6.45, 7) is 2.12.